The summed E-state index contributed by atoms with van der Waals surface area (Å²) in [7, 11) is 0. The van der Waals surface area contributed by atoms with Crippen molar-refractivity contribution in [1.82, 2.24) is 15.1 Å². The highest BCUT2D eigenvalue weighted by atomic mass is 15.2. The molecular formula is C14H29N3. The summed E-state index contributed by atoms with van der Waals surface area (Å²) in [5, 5.41) is 3.52. The highest BCUT2D eigenvalue weighted by Crippen LogP contribution is 2.21. The Morgan fingerprint density at radius 3 is 2.41 bits per heavy atom. The molecule has 2 aliphatic rings. The van der Waals surface area contributed by atoms with Crippen LogP contribution in [0.3, 0.4) is 0 Å². The molecule has 0 saturated carbocycles. The first-order chi connectivity index (χ1) is 8.35. The summed E-state index contributed by atoms with van der Waals surface area (Å²) in [5.41, 5.74) is 0. The lowest BCUT2D eigenvalue weighted by Crippen LogP contribution is -2.50. The molecule has 1 N–H and O–H groups in total. The molecule has 1 unspecified atom stereocenters. The number of likely N-dealkylation sites (tertiary alicyclic amines) is 1. The number of nitrogens with zero attached hydrogens (tertiary/aromatic N) is 2. The molecule has 1 atom stereocenters. The molecule has 2 saturated heterocycles. The molecule has 2 aliphatic heterocycles. The van der Waals surface area contributed by atoms with Crippen molar-refractivity contribution in [2.75, 3.05) is 39.3 Å². The fourth-order valence-corrected chi connectivity index (χ4v) is 3.41. The molecular weight excluding hydrogens is 210 g/mol. The van der Waals surface area contributed by atoms with Gasteiger partial charge in [-0.1, -0.05) is 13.8 Å². The molecule has 3 nitrogen and oxygen atoms in total. The van der Waals surface area contributed by atoms with Crippen LogP contribution in [0.1, 0.15) is 39.5 Å². The topological polar surface area (TPSA) is 18.5 Å². The van der Waals surface area contributed by atoms with Crippen LogP contribution < -0.4 is 5.32 Å². The van der Waals surface area contributed by atoms with E-state index in [4.69, 9.17) is 0 Å². The Morgan fingerprint density at radius 2 is 1.88 bits per heavy atom. The van der Waals surface area contributed by atoms with Gasteiger partial charge in [0.25, 0.3) is 0 Å². The summed E-state index contributed by atoms with van der Waals surface area (Å²) in [5.74, 6) is 0. The van der Waals surface area contributed by atoms with Crippen molar-refractivity contribution < 1.29 is 0 Å². The number of rotatable bonds is 5. The van der Waals surface area contributed by atoms with E-state index in [2.05, 4.69) is 29.0 Å². The second kappa shape index (κ2) is 6.72. The van der Waals surface area contributed by atoms with Crippen LogP contribution in [0.25, 0.3) is 0 Å². The first-order valence-electron chi connectivity index (χ1n) is 7.54. The van der Waals surface area contributed by atoms with E-state index in [0.29, 0.717) is 0 Å². The van der Waals surface area contributed by atoms with Gasteiger partial charge in [-0.25, -0.2) is 0 Å². The third-order valence-corrected chi connectivity index (χ3v) is 4.46. The number of nitrogens with one attached hydrogen (secondary N) is 1. The fourth-order valence-electron chi connectivity index (χ4n) is 3.41. The summed E-state index contributed by atoms with van der Waals surface area (Å²) in [6.07, 6.45) is 5.41. The second-order valence-electron chi connectivity index (χ2n) is 5.55. The molecule has 2 rings (SSSR count). The third-order valence-electron chi connectivity index (χ3n) is 4.46. The Labute approximate surface area is 107 Å². The lowest BCUT2D eigenvalue weighted by molar-refractivity contribution is 0.0810. The van der Waals surface area contributed by atoms with E-state index in [1.165, 1.54) is 65.0 Å². The summed E-state index contributed by atoms with van der Waals surface area (Å²) >= 11 is 0. The summed E-state index contributed by atoms with van der Waals surface area (Å²) in [6.45, 7) is 12.2. The SMILES string of the molecule is CCCN(C1CCN(CC)CC1)C1CCNC1. The second-order valence-corrected chi connectivity index (χ2v) is 5.55. The Hall–Kier alpha value is -0.120. The van der Waals surface area contributed by atoms with Crippen molar-refractivity contribution in [2.24, 2.45) is 0 Å². The van der Waals surface area contributed by atoms with Gasteiger partial charge in [0.2, 0.25) is 0 Å². The molecule has 0 bridgehead atoms. The number of hydrogen-bond acceptors (Lipinski definition) is 3. The van der Waals surface area contributed by atoms with Crippen molar-refractivity contribution >= 4 is 0 Å². The van der Waals surface area contributed by atoms with Gasteiger partial charge in [-0.2, -0.15) is 0 Å². The predicted octanol–water partition coefficient (Wildman–Crippen LogP) is 1.54. The highest BCUT2D eigenvalue weighted by Gasteiger charge is 2.30. The lowest BCUT2D eigenvalue weighted by atomic mass is 10.0. The van der Waals surface area contributed by atoms with Gasteiger partial charge in [0, 0.05) is 18.6 Å². The molecule has 0 radical (unpaired) electrons. The number of piperidine rings is 1. The molecule has 3 heteroatoms. The van der Waals surface area contributed by atoms with E-state index in [0.717, 1.165) is 12.1 Å². The molecule has 0 aromatic carbocycles. The monoisotopic (exact) mass is 239 g/mol. The molecule has 100 valence electrons. The zero-order valence-electron chi connectivity index (χ0n) is 11.6. The van der Waals surface area contributed by atoms with E-state index in [1.54, 1.807) is 0 Å². The van der Waals surface area contributed by atoms with Crippen LogP contribution in [0.4, 0.5) is 0 Å². The van der Waals surface area contributed by atoms with Crippen molar-refractivity contribution in [1.29, 1.82) is 0 Å². The maximum absolute atomic E-state index is 3.52. The average Bonchev–Trinajstić information content (AvgIpc) is 2.90. The van der Waals surface area contributed by atoms with Gasteiger partial charge < -0.3 is 10.2 Å². The summed E-state index contributed by atoms with van der Waals surface area (Å²) in [4.78, 5) is 5.40. The van der Waals surface area contributed by atoms with Crippen LogP contribution in [0.2, 0.25) is 0 Å². The van der Waals surface area contributed by atoms with Crippen LogP contribution in [-0.4, -0.2) is 61.2 Å². The molecule has 0 aromatic rings. The van der Waals surface area contributed by atoms with Gasteiger partial charge in [-0.3, -0.25) is 4.90 Å². The Morgan fingerprint density at radius 1 is 1.12 bits per heavy atom. The minimum absolute atomic E-state index is 0.813. The predicted molar refractivity (Wildman–Crippen MR) is 73.4 cm³/mol. The van der Waals surface area contributed by atoms with Crippen LogP contribution in [0.15, 0.2) is 0 Å². The molecule has 2 heterocycles. The van der Waals surface area contributed by atoms with Gasteiger partial charge in [-0.05, 0) is 58.4 Å². The molecule has 0 amide bonds. The van der Waals surface area contributed by atoms with E-state index in [9.17, 15) is 0 Å². The van der Waals surface area contributed by atoms with E-state index in [-0.39, 0.29) is 0 Å². The van der Waals surface area contributed by atoms with Crippen LogP contribution >= 0.6 is 0 Å². The fraction of sp³-hybridized carbons (Fsp3) is 1.00. The lowest BCUT2D eigenvalue weighted by Gasteiger charge is -2.41. The molecule has 0 aliphatic carbocycles. The molecule has 2 fully saturated rings. The first-order valence-corrected chi connectivity index (χ1v) is 7.54. The quantitative estimate of drug-likeness (QED) is 0.785. The standard InChI is InChI=1S/C14H29N3/c1-3-9-17(14-5-8-15-12-14)13-6-10-16(4-2)11-7-13/h13-15H,3-12H2,1-2H3. The zero-order chi connectivity index (χ0) is 12.1. The average molecular weight is 239 g/mol. The minimum Gasteiger partial charge on any atom is -0.315 e. The van der Waals surface area contributed by atoms with E-state index < -0.39 is 0 Å². The van der Waals surface area contributed by atoms with Gasteiger partial charge in [0.15, 0.2) is 0 Å². The van der Waals surface area contributed by atoms with E-state index in [1.807, 2.05) is 0 Å². The van der Waals surface area contributed by atoms with Gasteiger partial charge >= 0.3 is 0 Å². The van der Waals surface area contributed by atoms with Crippen LogP contribution in [-0.2, 0) is 0 Å². The van der Waals surface area contributed by atoms with Gasteiger partial charge in [-0.15, -0.1) is 0 Å². The first kappa shape index (κ1) is 13.3. The summed E-state index contributed by atoms with van der Waals surface area (Å²) < 4.78 is 0. The molecule has 17 heavy (non-hydrogen) atoms. The minimum atomic E-state index is 0.813. The zero-order valence-corrected chi connectivity index (χ0v) is 11.6. The number of hydrogen-bond donors (Lipinski definition) is 1. The van der Waals surface area contributed by atoms with Gasteiger partial charge in [0.1, 0.15) is 0 Å². The maximum Gasteiger partial charge on any atom is 0.0235 e. The highest BCUT2D eigenvalue weighted by molar-refractivity contribution is 4.87. The largest absolute Gasteiger partial charge is 0.315 e. The third kappa shape index (κ3) is 3.43. The van der Waals surface area contributed by atoms with Crippen LogP contribution in [0, 0.1) is 0 Å². The van der Waals surface area contributed by atoms with E-state index >= 15 is 0 Å². The Bertz CT molecular complexity index is 206. The molecule has 0 spiro atoms. The van der Waals surface area contributed by atoms with Crippen molar-refractivity contribution in [3.63, 3.8) is 0 Å². The Kier molecular flexibility index (Phi) is 5.26. The van der Waals surface area contributed by atoms with Crippen molar-refractivity contribution in [2.45, 2.75) is 51.6 Å². The molecule has 0 aromatic heterocycles. The smallest absolute Gasteiger partial charge is 0.0235 e. The summed E-state index contributed by atoms with van der Waals surface area (Å²) in [6, 6.07) is 1.66. The van der Waals surface area contributed by atoms with Gasteiger partial charge in [0.05, 0.1) is 0 Å². The van der Waals surface area contributed by atoms with Crippen molar-refractivity contribution in [3.8, 4) is 0 Å². The van der Waals surface area contributed by atoms with Crippen LogP contribution in [0.5, 0.6) is 0 Å². The maximum atomic E-state index is 3.52. The van der Waals surface area contributed by atoms with Crippen molar-refractivity contribution in [3.05, 3.63) is 0 Å². The normalized spacial score (nSPS) is 28.1. The Balaban J connectivity index is 1.87.